The number of ketones is 1. The quantitative estimate of drug-likeness (QED) is 0.726. The first kappa shape index (κ1) is 11.4. The summed E-state index contributed by atoms with van der Waals surface area (Å²) in [6.07, 6.45) is 2.04. The molecule has 2 heteroatoms. The molecule has 1 atom stereocenters. The van der Waals surface area contributed by atoms with Crippen molar-refractivity contribution >= 4 is 17.1 Å². The van der Waals surface area contributed by atoms with Gasteiger partial charge in [-0.1, -0.05) is 19.9 Å². The minimum atomic E-state index is 0.233. The van der Waals surface area contributed by atoms with Crippen molar-refractivity contribution < 1.29 is 4.79 Å². The lowest BCUT2D eigenvalue weighted by Gasteiger charge is -2.16. The first-order chi connectivity index (χ1) is 6.61. The van der Waals surface area contributed by atoms with E-state index in [0.717, 1.165) is 12.8 Å². The molecule has 14 heavy (non-hydrogen) atoms. The van der Waals surface area contributed by atoms with Gasteiger partial charge in [0.05, 0.1) is 0 Å². The van der Waals surface area contributed by atoms with Gasteiger partial charge in [0.15, 0.2) is 0 Å². The van der Waals surface area contributed by atoms with E-state index >= 15 is 0 Å². The highest BCUT2D eigenvalue weighted by Gasteiger charge is 2.17. The Morgan fingerprint density at radius 2 is 2.21 bits per heavy atom. The minimum absolute atomic E-state index is 0.233. The Hall–Kier alpha value is -0.630. The number of rotatable bonds is 5. The van der Waals surface area contributed by atoms with Crippen molar-refractivity contribution in [2.45, 2.75) is 33.6 Å². The lowest BCUT2D eigenvalue weighted by molar-refractivity contribution is -0.122. The molecule has 0 fully saturated rings. The molecular weight excluding hydrogens is 192 g/mol. The summed E-state index contributed by atoms with van der Waals surface area (Å²) in [6.45, 7) is 5.96. The molecule has 0 amide bonds. The molecule has 1 heterocycles. The van der Waals surface area contributed by atoms with Gasteiger partial charge in [0.25, 0.3) is 0 Å². The fourth-order valence-electron chi connectivity index (χ4n) is 1.76. The Labute approximate surface area is 90.2 Å². The van der Waals surface area contributed by atoms with Crippen molar-refractivity contribution in [2.75, 3.05) is 0 Å². The van der Waals surface area contributed by atoms with Gasteiger partial charge in [-0.15, -0.1) is 11.3 Å². The van der Waals surface area contributed by atoms with Gasteiger partial charge < -0.3 is 0 Å². The van der Waals surface area contributed by atoms with E-state index in [1.807, 2.05) is 0 Å². The van der Waals surface area contributed by atoms with E-state index in [4.69, 9.17) is 0 Å². The normalized spacial score (nSPS) is 13.1. The highest BCUT2D eigenvalue weighted by atomic mass is 32.1. The van der Waals surface area contributed by atoms with Gasteiger partial charge in [0.2, 0.25) is 0 Å². The molecule has 0 bridgehead atoms. The van der Waals surface area contributed by atoms with Gasteiger partial charge in [0.1, 0.15) is 5.78 Å². The average molecular weight is 210 g/mol. The Kier molecular flexibility index (Phi) is 4.33. The maximum absolute atomic E-state index is 11.3. The van der Waals surface area contributed by atoms with E-state index in [2.05, 4.69) is 31.4 Å². The van der Waals surface area contributed by atoms with Gasteiger partial charge in [-0.05, 0) is 37.1 Å². The Morgan fingerprint density at radius 1 is 1.50 bits per heavy atom. The third kappa shape index (κ3) is 3.26. The summed E-state index contributed by atoms with van der Waals surface area (Å²) in [6, 6.07) is 4.21. The third-order valence-corrected chi connectivity index (χ3v) is 3.54. The fourth-order valence-corrected chi connectivity index (χ4v) is 2.48. The summed E-state index contributed by atoms with van der Waals surface area (Å²) in [5, 5.41) is 2.09. The number of Topliss-reactive ketones (excluding diaryl/α,β-unsaturated/α-hetero) is 1. The van der Waals surface area contributed by atoms with Crippen molar-refractivity contribution in [3.63, 3.8) is 0 Å². The van der Waals surface area contributed by atoms with E-state index in [1.54, 1.807) is 18.3 Å². The molecule has 1 unspecified atom stereocenters. The molecule has 0 aromatic carbocycles. The number of carbonyl (C=O) groups excluding carboxylic acids is 1. The molecule has 0 saturated carbocycles. The van der Waals surface area contributed by atoms with Crippen molar-refractivity contribution in [1.82, 2.24) is 0 Å². The summed E-state index contributed by atoms with van der Waals surface area (Å²) in [7, 11) is 0. The van der Waals surface area contributed by atoms with Crippen LogP contribution in [0.3, 0.4) is 0 Å². The summed E-state index contributed by atoms with van der Waals surface area (Å²) in [4.78, 5) is 12.7. The number of hydrogen-bond acceptors (Lipinski definition) is 2. The van der Waals surface area contributed by atoms with Crippen LogP contribution in [0.4, 0.5) is 0 Å². The van der Waals surface area contributed by atoms with Gasteiger partial charge in [0, 0.05) is 10.8 Å². The second-order valence-corrected chi connectivity index (χ2v) is 5.11. The predicted molar refractivity (Wildman–Crippen MR) is 61.6 cm³/mol. The van der Waals surface area contributed by atoms with E-state index < -0.39 is 0 Å². The van der Waals surface area contributed by atoms with Crippen LogP contribution in [0.15, 0.2) is 17.5 Å². The van der Waals surface area contributed by atoms with Crippen LogP contribution < -0.4 is 0 Å². The van der Waals surface area contributed by atoms with Gasteiger partial charge in [-0.25, -0.2) is 0 Å². The number of aryl methyl sites for hydroxylation is 1. The molecule has 0 spiro atoms. The van der Waals surface area contributed by atoms with Crippen LogP contribution in [-0.4, -0.2) is 5.78 Å². The molecule has 78 valence electrons. The molecule has 1 aromatic heterocycles. The smallest absolute Gasteiger partial charge is 0.133 e. The highest BCUT2D eigenvalue weighted by Crippen LogP contribution is 2.20. The van der Waals surface area contributed by atoms with Crippen LogP contribution >= 0.6 is 11.3 Å². The largest absolute Gasteiger partial charge is 0.300 e. The molecule has 0 N–H and O–H groups in total. The maximum atomic E-state index is 11.3. The minimum Gasteiger partial charge on any atom is -0.300 e. The van der Waals surface area contributed by atoms with E-state index in [9.17, 15) is 4.79 Å². The average Bonchev–Trinajstić information content (AvgIpc) is 2.55. The zero-order chi connectivity index (χ0) is 10.6. The van der Waals surface area contributed by atoms with Crippen LogP contribution in [0.2, 0.25) is 0 Å². The standard InChI is InChI=1S/C12H18OS/c1-9(2)12(10(3)13)7-6-11-5-4-8-14-11/h4-5,8-9,12H,6-7H2,1-3H3. The summed E-state index contributed by atoms with van der Waals surface area (Å²) >= 11 is 1.78. The molecule has 0 radical (unpaired) electrons. The van der Waals surface area contributed by atoms with Gasteiger partial charge >= 0.3 is 0 Å². The number of thiophene rings is 1. The van der Waals surface area contributed by atoms with Crippen LogP contribution in [0, 0.1) is 11.8 Å². The molecule has 0 aliphatic heterocycles. The van der Waals surface area contributed by atoms with Crippen molar-refractivity contribution in [3.8, 4) is 0 Å². The van der Waals surface area contributed by atoms with E-state index in [-0.39, 0.29) is 5.92 Å². The van der Waals surface area contributed by atoms with Crippen LogP contribution in [-0.2, 0) is 11.2 Å². The monoisotopic (exact) mass is 210 g/mol. The molecule has 1 nitrogen and oxygen atoms in total. The zero-order valence-electron chi connectivity index (χ0n) is 9.12. The van der Waals surface area contributed by atoms with E-state index in [0.29, 0.717) is 11.7 Å². The van der Waals surface area contributed by atoms with Crippen LogP contribution in [0.5, 0.6) is 0 Å². The Balaban J connectivity index is 2.45. The van der Waals surface area contributed by atoms with Gasteiger partial charge in [-0.2, -0.15) is 0 Å². The van der Waals surface area contributed by atoms with Gasteiger partial charge in [-0.3, -0.25) is 4.79 Å². The second kappa shape index (κ2) is 5.30. The predicted octanol–water partition coefficient (Wildman–Crippen LogP) is 3.54. The summed E-state index contributed by atoms with van der Waals surface area (Å²) in [5.41, 5.74) is 0. The second-order valence-electron chi connectivity index (χ2n) is 4.08. The van der Waals surface area contributed by atoms with Crippen molar-refractivity contribution in [3.05, 3.63) is 22.4 Å². The molecule has 1 rings (SSSR count). The summed E-state index contributed by atoms with van der Waals surface area (Å²) < 4.78 is 0. The zero-order valence-corrected chi connectivity index (χ0v) is 9.93. The Morgan fingerprint density at radius 3 is 2.64 bits per heavy atom. The molecule has 1 aromatic rings. The first-order valence-electron chi connectivity index (χ1n) is 5.14. The van der Waals surface area contributed by atoms with Crippen molar-refractivity contribution in [1.29, 1.82) is 0 Å². The Bertz CT molecular complexity index is 275. The topological polar surface area (TPSA) is 17.1 Å². The third-order valence-electron chi connectivity index (χ3n) is 2.61. The summed E-state index contributed by atoms with van der Waals surface area (Å²) in [5.74, 6) is 1.03. The molecule has 0 saturated heterocycles. The first-order valence-corrected chi connectivity index (χ1v) is 6.02. The number of hydrogen-bond donors (Lipinski definition) is 0. The fraction of sp³-hybridized carbons (Fsp3) is 0.583. The number of carbonyl (C=O) groups is 1. The van der Waals surface area contributed by atoms with E-state index in [1.165, 1.54) is 4.88 Å². The highest BCUT2D eigenvalue weighted by molar-refractivity contribution is 7.09. The van der Waals surface area contributed by atoms with Crippen LogP contribution in [0.1, 0.15) is 32.1 Å². The molecular formula is C12H18OS. The lowest BCUT2D eigenvalue weighted by atomic mass is 9.88. The SMILES string of the molecule is CC(=O)C(CCc1cccs1)C(C)C. The van der Waals surface area contributed by atoms with Crippen LogP contribution in [0.25, 0.3) is 0 Å². The molecule has 0 aliphatic carbocycles. The lowest BCUT2D eigenvalue weighted by Crippen LogP contribution is -2.18. The molecule has 0 aliphatic rings. The maximum Gasteiger partial charge on any atom is 0.133 e. The van der Waals surface area contributed by atoms with Crippen molar-refractivity contribution in [2.24, 2.45) is 11.8 Å².